The van der Waals surface area contributed by atoms with Gasteiger partial charge < -0.3 is 14.3 Å². The van der Waals surface area contributed by atoms with Crippen LogP contribution < -0.4 is 0 Å². The largest absolute Gasteiger partial charge is 0.467 e. The van der Waals surface area contributed by atoms with Crippen molar-refractivity contribution in [3.63, 3.8) is 0 Å². The highest BCUT2D eigenvalue weighted by Gasteiger charge is 2.35. The van der Waals surface area contributed by atoms with E-state index in [1.54, 1.807) is 32.3 Å². The van der Waals surface area contributed by atoms with Crippen LogP contribution in [0.25, 0.3) is 6.08 Å². The summed E-state index contributed by atoms with van der Waals surface area (Å²) in [7, 11) is 1.26. The molecule has 1 aromatic rings. The number of aliphatic hydroxyl groups excluding tert-OH is 1. The average Bonchev–Trinajstić information content (AvgIpc) is 2.79. The summed E-state index contributed by atoms with van der Waals surface area (Å²) >= 11 is 0. The van der Waals surface area contributed by atoms with E-state index in [-0.39, 0.29) is 0 Å². The number of carbonyl (C=O) groups excluding carboxylic acids is 1. The molecular formula is C13H18O4. The number of aliphatic hydroxyl groups is 1. The molecule has 1 atom stereocenters. The Hall–Kier alpha value is -1.55. The van der Waals surface area contributed by atoms with Gasteiger partial charge in [0.25, 0.3) is 0 Å². The van der Waals surface area contributed by atoms with Crippen LogP contribution in [0.2, 0.25) is 0 Å². The van der Waals surface area contributed by atoms with Gasteiger partial charge in [-0.15, -0.1) is 0 Å². The Morgan fingerprint density at radius 2 is 2.24 bits per heavy atom. The molecule has 1 rings (SSSR count). The third-order valence-electron chi connectivity index (χ3n) is 3.03. The summed E-state index contributed by atoms with van der Waals surface area (Å²) in [5.41, 5.74) is 0.130. The van der Waals surface area contributed by atoms with Crippen LogP contribution in [0.5, 0.6) is 0 Å². The van der Waals surface area contributed by atoms with Gasteiger partial charge in [0, 0.05) is 5.41 Å². The van der Waals surface area contributed by atoms with Crippen LogP contribution in [-0.2, 0) is 9.53 Å². The van der Waals surface area contributed by atoms with Crippen LogP contribution >= 0.6 is 0 Å². The lowest BCUT2D eigenvalue weighted by molar-refractivity contribution is -0.155. The summed E-state index contributed by atoms with van der Waals surface area (Å²) < 4.78 is 9.74. The molecule has 1 N–H and O–H groups in total. The quantitative estimate of drug-likeness (QED) is 0.817. The number of methoxy groups -OCH3 is 1. The van der Waals surface area contributed by atoms with Crippen molar-refractivity contribution >= 4 is 12.0 Å². The van der Waals surface area contributed by atoms with Crippen molar-refractivity contribution in [2.45, 2.75) is 26.9 Å². The van der Waals surface area contributed by atoms with E-state index < -0.39 is 17.5 Å². The standard InChI is InChI=1S/C13H18O4/c1-9(8-10-6-5-7-17-10)13(2,3)11(14)12(15)16-4/h5-8,11,14H,1-4H3/b9-8+. The number of hydrogen-bond donors (Lipinski definition) is 1. The fraction of sp³-hybridized carbons (Fsp3) is 0.462. The molecule has 0 bridgehead atoms. The fourth-order valence-electron chi connectivity index (χ4n) is 1.39. The summed E-state index contributed by atoms with van der Waals surface area (Å²) in [5, 5.41) is 9.90. The van der Waals surface area contributed by atoms with Crippen LogP contribution in [0.15, 0.2) is 28.4 Å². The Morgan fingerprint density at radius 3 is 2.71 bits per heavy atom. The molecular weight excluding hydrogens is 220 g/mol. The normalized spacial score (nSPS) is 14.5. The number of hydrogen-bond acceptors (Lipinski definition) is 4. The Kier molecular flexibility index (Phi) is 4.12. The molecule has 0 spiro atoms. The minimum Gasteiger partial charge on any atom is -0.467 e. The van der Waals surface area contributed by atoms with Gasteiger partial charge in [0.1, 0.15) is 5.76 Å². The predicted octanol–water partition coefficient (Wildman–Crippen LogP) is 2.24. The maximum atomic E-state index is 11.3. The molecule has 1 aromatic heterocycles. The Morgan fingerprint density at radius 1 is 1.59 bits per heavy atom. The molecule has 1 unspecified atom stereocenters. The van der Waals surface area contributed by atoms with Crippen LogP contribution in [-0.4, -0.2) is 24.3 Å². The minimum absolute atomic E-state index is 0.637. The second-order valence-corrected chi connectivity index (χ2v) is 4.49. The minimum atomic E-state index is -1.20. The zero-order valence-corrected chi connectivity index (χ0v) is 10.6. The summed E-state index contributed by atoms with van der Waals surface area (Å²) in [6, 6.07) is 3.59. The highest BCUT2D eigenvalue weighted by Crippen LogP contribution is 2.32. The molecule has 0 amide bonds. The molecule has 1 heterocycles. The Balaban J connectivity index is 2.93. The number of rotatable bonds is 4. The van der Waals surface area contributed by atoms with Gasteiger partial charge in [-0.05, 0) is 25.1 Å². The van der Waals surface area contributed by atoms with Crippen LogP contribution in [0.3, 0.4) is 0 Å². The van der Waals surface area contributed by atoms with Gasteiger partial charge in [-0.1, -0.05) is 19.4 Å². The van der Waals surface area contributed by atoms with Crippen molar-refractivity contribution in [3.8, 4) is 0 Å². The maximum Gasteiger partial charge on any atom is 0.335 e. The van der Waals surface area contributed by atoms with E-state index in [4.69, 9.17) is 4.42 Å². The molecule has 0 aliphatic heterocycles. The van der Waals surface area contributed by atoms with Gasteiger partial charge in [-0.2, -0.15) is 0 Å². The fourth-order valence-corrected chi connectivity index (χ4v) is 1.39. The zero-order valence-electron chi connectivity index (χ0n) is 10.6. The maximum absolute atomic E-state index is 11.3. The first kappa shape index (κ1) is 13.5. The van der Waals surface area contributed by atoms with E-state index >= 15 is 0 Å². The van der Waals surface area contributed by atoms with Crippen molar-refractivity contribution < 1.29 is 19.1 Å². The molecule has 94 valence electrons. The summed E-state index contributed by atoms with van der Waals surface area (Å²) in [4.78, 5) is 11.3. The van der Waals surface area contributed by atoms with Crippen LogP contribution in [0.4, 0.5) is 0 Å². The number of ether oxygens (including phenoxy) is 1. The predicted molar refractivity (Wildman–Crippen MR) is 64.2 cm³/mol. The van der Waals surface area contributed by atoms with E-state index in [1.807, 2.05) is 13.0 Å². The third kappa shape index (κ3) is 2.97. The molecule has 0 radical (unpaired) electrons. The van der Waals surface area contributed by atoms with Crippen LogP contribution in [0.1, 0.15) is 26.5 Å². The Bertz CT molecular complexity index is 401. The molecule has 0 saturated heterocycles. The molecule has 0 aliphatic carbocycles. The first-order valence-electron chi connectivity index (χ1n) is 5.37. The van der Waals surface area contributed by atoms with Crippen molar-refractivity contribution in [2.75, 3.05) is 7.11 Å². The molecule has 0 saturated carbocycles. The molecule has 0 aliphatic rings. The van der Waals surface area contributed by atoms with Crippen molar-refractivity contribution in [3.05, 3.63) is 29.7 Å². The lowest BCUT2D eigenvalue weighted by Gasteiger charge is -2.29. The monoisotopic (exact) mass is 238 g/mol. The summed E-state index contributed by atoms with van der Waals surface area (Å²) in [5.74, 6) is 0.0508. The third-order valence-corrected chi connectivity index (χ3v) is 3.03. The topological polar surface area (TPSA) is 59.7 Å². The van der Waals surface area contributed by atoms with Crippen LogP contribution in [0, 0.1) is 5.41 Å². The highest BCUT2D eigenvalue weighted by molar-refractivity contribution is 5.76. The first-order chi connectivity index (χ1) is 7.89. The molecule has 17 heavy (non-hydrogen) atoms. The smallest absolute Gasteiger partial charge is 0.335 e. The van der Waals surface area contributed by atoms with E-state index in [0.29, 0.717) is 5.76 Å². The lowest BCUT2D eigenvalue weighted by Crippen LogP contribution is -2.38. The summed E-state index contributed by atoms with van der Waals surface area (Å²) in [6.45, 7) is 5.40. The highest BCUT2D eigenvalue weighted by atomic mass is 16.5. The molecule has 4 heteroatoms. The Labute approximate surface area is 101 Å². The number of carbonyl (C=O) groups is 1. The lowest BCUT2D eigenvalue weighted by atomic mass is 9.79. The van der Waals surface area contributed by atoms with Gasteiger partial charge in [0.05, 0.1) is 13.4 Å². The van der Waals surface area contributed by atoms with Gasteiger partial charge in [-0.3, -0.25) is 0 Å². The zero-order chi connectivity index (χ0) is 13.1. The second kappa shape index (κ2) is 5.19. The first-order valence-corrected chi connectivity index (χ1v) is 5.37. The van der Waals surface area contributed by atoms with Crippen molar-refractivity contribution in [1.29, 1.82) is 0 Å². The number of furan rings is 1. The second-order valence-electron chi connectivity index (χ2n) is 4.49. The van der Waals surface area contributed by atoms with E-state index in [1.165, 1.54) is 7.11 Å². The summed E-state index contributed by atoms with van der Waals surface area (Å²) in [6.07, 6.45) is 2.17. The van der Waals surface area contributed by atoms with E-state index in [9.17, 15) is 9.90 Å². The van der Waals surface area contributed by atoms with Crippen molar-refractivity contribution in [1.82, 2.24) is 0 Å². The SMILES string of the molecule is COC(=O)C(O)C(C)(C)/C(C)=C/c1ccco1. The molecule has 0 aromatic carbocycles. The van der Waals surface area contributed by atoms with Gasteiger partial charge in [0.15, 0.2) is 6.10 Å². The van der Waals surface area contributed by atoms with Crippen molar-refractivity contribution in [2.24, 2.45) is 5.41 Å². The average molecular weight is 238 g/mol. The molecule has 0 fully saturated rings. The van der Waals surface area contributed by atoms with Gasteiger partial charge >= 0.3 is 5.97 Å². The van der Waals surface area contributed by atoms with Gasteiger partial charge in [0.2, 0.25) is 0 Å². The molecule has 4 nitrogen and oxygen atoms in total. The number of esters is 1. The van der Waals surface area contributed by atoms with E-state index in [2.05, 4.69) is 4.74 Å². The van der Waals surface area contributed by atoms with E-state index in [0.717, 1.165) is 5.57 Å². The van der Waals surface area contributed by atoms with Gasteiger partial charge in [-0.25, -0.2) is 4.79 Å².